The molecule has 0 atom stereocenters. The number of carbonyl (C=O) groups excluding carboxylic acids is 1. The van der Waals surface area contributed by atoms with Crippen LogP contribution in [0.5, 0.6) is 0 Å². The first-order chi connectivity index (χ1) is 13.7. The molecule has 2 aliphatic rings. The van der Waals surface area contributed by atoms with Crippen molar-refractivity contribution in [1.82, 2.24) is 20.4 Å². The first-order valence-electron chi connectivity index (χ1n) is 10.4. The van der Waals surface area contributed by atoms with Crippen LogP contribution < -0.4 is 10.6 Å². The number of nitrogens with one attached hydrogen (secondary N) is 2. The Labute approximate surface area is 173 Å². The number of halogens is 1. The second kappa shape index (κ2) is 10.7. The van der Waals surface area contributed by atoms with Gasteiger partial charge in [0, 0.05) is 63.8 Å². The fraction of sp³-hybridized carbons (Fsp3) is 0.619. The van der Waals surface area contributed by atoms with Crippen LogP contribution in [0.15, 0.2) is 29.3 Å². The van der Waals surface area contributed by atoms with E-state index in [4.69, 9.17) is 11.6 Å². The number of carbonyl (C=O) groups is 1. The zero-order chi connectivity index (χ0) is 19.8. The van der Waals surface area contributed by atoms with Gasteiger partial charge >= 0.3 is 0 Å². The van der Waals surface area contributed by atoms with Crippen LogP contribution in [0.2, 0.25) is 5.02 Å². The molecule has 0 bridgehead atoms. The van der Waals surface area contributed by atoms with Crippen molar-refractivity contribution in [3.63, 3.8) is 0 Å². The van der Waals surface area contributed by atoms with E-state index in [9.17, 15) is 4.79 Å². The van der Waals surface area contributed by atoms with Gasteiger partial charge in [-0.1, -0.05) is 36.6 Å². The molecule has 154 valence electrons. The molecule has 1 aromatic rings. The number of benzene rings is 1. The van der Waals surface area contributed by atoms with Crippen molar-refractivity contribution in [3.8, 4) is 0 Å². The normalized spacial score (nSPS) is 19.1. The lowest BCUT2D eigenvalue weighted by Crippen LogP contribution is -2.51. The van der Waals surface area contributed by atoms with Gasteiger partial charge in [-0.3, -0.25) is 14.7 Å². The molecule has 6 nitrogen and oxygen atoms in total. The van der Waals surface area contributed by atoms with Crippen LogP contribution in [-0.4, -0.2) is 68.0 Å². The van der Waals surface area contributed by atoms with Gasteiger partial charge in [0.05, 0.1) is 0 Å². The van der Waals surface area contributed by atoms with Crippen LogP contribution in [0.25, 0.3) is 0 Å². The van der Waals surface area contributed by atoms with Gasteiger partial charge in [-0.15, -0.1) is 0 Å². The average molecular weight is 406 g/mol. The summed E-state index contributed by atoms with van der Waals surface area (Å²) < 4.78 is 0. The largest absolute Gasteiger partial charge is 0.355 e. The van der Waals surface area contributed by atoms with Gasteiger partial charge in [-0.2, -0.15) is 0 Å². The Kier molecular flexibility index (Phi) is 7.98. The van der Waals surface area contributed by atoms with Gasteiger partial charge in [0.15, 0.2) is 5.96 Å². The van der Waals surface area contributed by atoms with Gasteiger partial charge in [0.1, 0.15) is 0 Å². The quantitative estimate of drug-likeness (QED) is 0.563. The number of hydrogen-bond donors (Lipinski definition) is 2. The summed E-state index contributed by atoms with van der Waals surface area (Å²) in [5.41, 5.74) is 1.12. The highest BCUT2D eigenvalue weighted by Gasteiger charge is 2.29. The van der Waals surface area contributed by atoms with Crippen LogP contribution in [0.1, 0.15) is 31.2 Å². The Balaban J connectivity index is 1.32. The summed E-state index contributed by atoms with van der Waals surface area (Å²) in [6, 6.07) is 7.82. The van der Waals surface area contributed by atoms with E-state index < -0.39 is 0 Å². The molecule has 0 spiro atoms. The number of guanidine groups is 1. The lowest BCUT2D eigenvalue weighted by atomic mass is 10.1. The standard InChI is InChI=1S/C21H32ClN5O/c1-23-21(25-16-17-5-4-8-19(22)15-17)24-9-10-26-11-13-27(14-12-26)20(28)18-6-2-3-7-18/h4-5,8,15,18H,2-3,6-7,9-14,16H2,1H3,(H2,23,24,25). The van der Waals surface area contributed by atoms with Gasteiger partial charge in [0.2, 0.25) is 5.91 Å². The molecule has 2 N–H and O–H groups in total. The predicted molar refractivity (Wildman–Crippen MR) is 115 cm³/mol. The molecule has 3 rings (SSSR count). The van der Waals surface area contributed by atoms with Crippen LogP contribution in [0.3, 0.4) is 0 Å². The Morgan fingerprint density at radius 1 is 1.18 bits per heavy atom. The molecule has 0 radical (unpaired) electrons. The SMILES string of the molecule is CN=C(NCCN1CCN(C(=O)C2CCCC2)CC1)NCc1cccc(Cl)c1. The number of aliphatic imine (C=N–C) groups is 1. The van der Waals surface area contributed by atoms with E-state index in [2.05, 4.69) is 25.4 Å². The van der Waals surface area contributed by atoms with Crippen molar-refractivity contribution in [2.24, 2.45) is 10.9 Å². The summed E-state index contributed by atoms with van der Waals surface area (Å²) in [7, 11) is 1.78. The summed E-state index contributed by atoms with van der Waals surface area (Å²) in [5.74, 6) is 1.47. The number of rotatable bonds is 6. The first kappa shape index (κ1) is 20.9. The molecule has 1 aliphatic carbocycles. The topological polar surface area (TPSA) is 60.0 Å². The van der Waals surface area contributed by atoms with Crippen molar-refractivity contribution in [3.05, 3.63) is 34.9 Å². The molecule has 0 aromatic heterocycles. The maximum atomic E-state index is 12.5. The lowest BCUT2D eigenvalue weighted by molar-refractivity contribution is -0.137. The van der Waals surface area contributed by atoms with E-state index in [0.717, 1.165) is 68.7 Å². The van der Waals surface area contributed by atoms with Crippen molar-refractivity contribution in [2.45, 2.75) is 32.2 Å². The lowest BCUT2D eigenvalue weighted by Gasteiger charge is -2.36. The van der Waals surface area contributed by atoms with Gasteiger partial charge in [-0.05, 0) is 30.5 Å². The van der Waals surface area contributed by atoms with Crippen LogP contribution in [-0.2, 0) is 11.3 Å². The van der Waals surface area contributed by atoms with E-state index in [1.807, 2.05) is 24.3 Å². The third kappa shape index (κ3) is 6.11. The summed E-state index contributed by atoms with van der Waals surface area (Å²) in [5, 5.41) is 7.42. The first-order valence-corrected chi connectivity index (χ1v) is 10.7. The molecule has 1 saturated carbocycles. The number of nitrogens with zero attached hydrogens (tertiary/aromatic N) is 3. The van der Waals surface area contributed by atoms with Crippen molar-refractivity contribution in [2.75, 3.05) is 46.3 Å². The highest BCUT2D eigenvalue weighted by molar-refractivity contribution is 6.30. The van der Waals surface area contributed by atoms with Crippen molar-refractivity contribution < 1.29 is 4.79 Å². The molecule has 1 aliphatic heterocycles. The summed E-state index contributed by atoms with van der Waals surface area (Å²) in [6.07, 6.45) is 4.61. The molecule has 7 heteroatoms. The van der Waals surface area contributed by atoms with E-state index in [1.165, 1.54) is 12.8 Å². The Morgan fingerprint density at radius 3 is 2.61 bits per heavy atom. The smallest absolute Gasteiger partial charge is 0.225 e. The fourth-order valence-corrected chi connectivity index (χ4v) is 4.22. The molecular weight excluding hydrogens is 374 g/mol. The molecule has 1 aromatic carbocycles. The molecule has 1 saturated heterocycles. The molecule has 1 amide bonds. The van der Waals surface area contributed by atoms with E-state index in [0.29, 0.717) is 18.4 Å². The molecule has 28 heavy (non-hydrogen) atoms. The number of hydrogen-bond acceptors (Lipinski definition) is 3. The van der Waals surface area contributed by atoms with E-state index >= 15 is 0 Å². The zero-order valence-electron chi connectivity index (χ0n) is 16.8. The van der Waals surface area contributed by atoms with Gasteiger partial charge in [0.25, 0.3) is 0 Å². The monoisotopic (exact) mass is 405 g/mol. The molecule has 1 heterocycles. The van der Waals surface area contributed by atoms with Crippen molar-refractivity contribution >= 4 is 23.5 Å². The summed E-state index contributed by atoms with van der Waals surface area (Å²) in [6.45, 7) is 6.08. The van der Waals surface area contributed by atoms with Crippen molar-refractivity contribution in [1.29, 1.82) is 0 Å². The highest BCUT2D eigenvalue weighted by atomic mass is 35.5. The number of piperazine rings is 1. The second-order valence-corrected chi connectivity index (χ2v) is 8.07. The van der Waals surface area contributed by atoms with Gasteiger partial charge < -0.3 is 15.5 Å². The van der Waals surface area contributed by atoms with E-state index in [-0.39, 0.29) is 0 Å². The predicted octanol–water partition coefficient (Wildman–Crippen LogP) is 2.34. The minimum atomic E-state index is 0.294. The van der Waals surface area contributed by atoms with Crippen LogP contribution in [0, 0.1) is 5.92 Å². The third-order valence-electron chi connectivity index (χ3n) is 5.68. The maximum Gasteiger partial charge on any atom is 0.225 e. The Bertz CT molecular complexity index is 667. The van der Waals surface area contributed by atoms with E-state index in [1.54, 1.807) is 7.05 Å². The van der Waals surface area contributed by atoms with Gasteiger partial charge in [-0.25, -0.2) is 0 Å². The van der Waals surface area contributed by atoms with Crippen LogP contribution in [0.4, 0.5) is 0 Å². The molecule has 2 fully saturated rings. The second-order valence-electron chi connectivity index (χ2n) is 7.63. The highest BCUT2D eigenvalue weighted by Crippen LogP contribution is 2.26. The molecule has 0 unspecified atom stereocenters. The average Bonchev–Trinajstić information content (AvgIpc) is 3.25. The fourth-order valence-electron chi connectivity index (χ4n) is 4.01. The number of amides is 1. The minimum Gasteiger partial charge on any atom is -0.355 e. The summed E-state index contributed by atoms with van der Waals surface area (Å²) >= 11 is 6.03. The van der Waals surface area contributed by atoms with Crippen LogP contribution >= 0.6 is 11.6 Å². The Morgan fingerprint density at radius 2 is 1.93 bits per heavy atom. The Hall–Kier alpha value is -1.79. The minimum absolute atomic E-state index is 0.294. The zero-order valence-corrected chi connectivity index (χ0v) is 17.5. The maximum absolute atomic E-state index is 12.5. The third-order valence-corrected chi connectivity index (χ3v) is 5.92. The summed E-state index contributed by atoms with van der Waals surface area (Å²) in [4.78, 5) is 21.3. The molecular formula is C21H32ClN5O.